The Morgan fingerprint density at radius 1 is 0.930 bits per heavy atom. The molecule has 1 aliphatic heterocycles. The van der Waals surface area contributed by atoms with Crippen LogP contribution in [-0.4, -0.2) is 26.3 Å². The second-order valence-electron chi connectivity index (χ2n) is 15.4. The monoisotopic (exact) mass is 599 g/mol. The summed E-state index contributed by atoms with van der Waals surface area (Å²) in [5.41, 5.74) is 6.69. The van der Waals surface area contributed by atoms with Gasteiger partial charge in [-0.05, 0) is 68.8 Å². The number of rotatable bonds is 11. The van der Waals surface area contributed by atoms with E-state index >= 15 is 4.39 Å². The van der Waals surface area contributed by atoms with E-state index in [0.717, 1.165) is 23.3 Å². The molecule has 2 saturated carbocycles. The second-order valence-corrected chi connectivity index (χ2v) is 20.4. The summed E-state index contributed by atoms with van der Waals surface area (Å²) in [5, 5.41) is 0. The van der Waals surface area contributed by atoms with Gasteiger partial charge in [-0.1, -0.05) is 118 Å². The van der Waals surface area contributed by atoms with Gasteiger partial charge in [0.2, 0.25) is 0 Å². The number of hydrogen-bond donors (Lipinski definition) is 0. The van der Waals surface area contributed by atoms with Crippen LogP contribution in [0.3, 0.4) is 0 Å². The SMILES string of the molecule is Cc1ccc2c(c1)C1C(C3C=CC=CC3C1[Si](C)(CCCCCCOC(C)(C)C)C1CCCC1)N2Cc1ccccc1F. The summed E-state index contributed by atoms with van der Waals surface area (Å²) in [6.07, 6.45) is 20.6. The van der Waals surface area contributed by atoms with Crippen molar-refractivity contribution in [3.8, 4) is 0 Å². The highest BCUT2D eigenvalue weighted by Crippen LogP contribution is 2.67. The molecule has 6 unspecified atom stereocenters. The summed E-state index contributed by atoms with van der Waals surface area (Å²) >= 11 is 0. The molecule has 0 radical (unpaired) electrons. The van der Waals surface area contributed by atoms with Crippen LogP contribution in [0.5, 0.6) is 0 Å². The fraction of sp³-hybridized carbons (Fsp3) is 0.590. The normalized spacial score (nSPS) is 27.8. The molecule has 1 heterocycles. The first-order valence-electron chi connectivity index (χ1n) is 17.3. The van der Waals surface area contributed by atoms with Crippen LogP contribution in [0, 0.1) is 24.6 Å². The zero-order chi connectivity index (χ0) is 30.2. The van der Waals surface area contributed by atoms with E-state index in [4.69, 9.17) is 4.74 Å². The Balaban J connectivity index is 1.32. The van der Waals surface area contributed by atoms with E-state index in [1.807, 2.05) is 18.2 Å². The number of aryl methyl sites for hydroxylation is 1. The molecule has 4 aliphatic rings. The molecule has 3 aliphatic carbocycles. The van der Waals surface area contributed by atoms with Crippen molar-refractivity contribution < 1.29 is 9.13 Å². The fourth-order valence-corrected chi connectivity index (χ4v) is 16.0. The van der Waals surface area contributed by atoms with Crippen molar-refractivity contribution in [1.29, 1.82) is 0 Å². The lowest BCUT2D eigenvalue weighted by atomic mass is 9.89. The maximum Gasteiger partial charge on any atom is 0.128 e. The predicted octanol–water partition coefficient (Wildman–Crippen LogP) is 10.7. The van der Waals surface area contributed by atoms with E-state index in [0.29, 0.717) is 30.3 Å². The molecule has 0 bridgehead atoms. The van der Waals surface area contributed by atoms with Gasteiger partial charge in [0.05, 0.1) is 13.7 Å². The minimum absolute atomic E-state index is 0.0401. The molecule has 0 N–H and O–H groups in total. The van der Waals surface area contributed by atoms with Gasteiger partial charge in [0, 0.05) is 42.3 Å². The lowest BCUT2D eigenvalue weighted by Gasteiger charge is -2.45. The molecule has 0 aromatic heterocycles. The van der Waals surface area contributed by atoms with Crippen LogP contribution in [0.4, 0.5) is 10.1 Å². The smallest absolute Gasteiger partial charge is 0.128 e. The highest BCUT2D eigenvalue weighted by atomic mass is 28.3. The third kappa shape index (κ3) is 6.21. The quantitative estimate of drug-likeness (QED) is 0.188. The van der Waals surface area contributed by atoms with E-state index in [-0.39, 0.29) is 11.4 Å². The molecule has 0 saturated heterocycles. The summed E-state index contributed by atoms with van der Waals surface area (Å²) < 4.78 is 21.1. The average Bonchev–Trinajstić information content (AvgIpc) is 3.70. The lowest BCUT2D eigenvalue weighted by Crippen LogP contribution is -2.44. The van der Waals surface area contributed by atoms with Crippen LogP contribution < -0.4 is 4.90 Å². The zero-order valence-corrected chi connectivity index (χ0v) is 28.3. The number of hydrogen-bond acceptors (Lipinski definition) is 2. The van der Waals surface area contributed by atoms with Gasteiger partial charge in [0.25, 0.3) is 0 Å². The first-order valence-corrected chi connectivity index (χ1v) is 20.1. The van der Waals surface area contributed by atoms with Crippen LogP contribution in [0.2, 0.25) is 23.7 Å². The molecule has 0 amide bonds. The molecule has 4 heteroatoms. The molecule has 232 valence electrons. The van der Waals surface area contributed by atoms with Crippen molar-refractivity contribution >= 4 is 13.8 Å². The average molecular weight is 600 g/mol. The Labute approximate surface area is 261 Å². The summed E-state index contributed by atoms with van der Waals surface area (Å²) in [6, 6.07) is 16.4. The van der Waals surface area contributed by atoms with E-state index in [9.17, 15) is 0 Å². The minimum atomic E-state index is -1.71. The topological polar surface area (TPSA) is 12.5 Å². The van der Waals surface area contributed by atoms with Gasteiger partial charge in [-0.3, -0.25) is 0 Å². The maximum absolute atomic E-state index is 15.1. The van der Waals surface area contributed by atoms with Crippen LogP contribution >= 0.6 is 0 Å². The van der Waals surface area contributed by atoms with Gasteiger partial charge in [0.15, 0.2) is 0 Å². The Morgan fingerprint density at radius 3 is 2.40 bits per heavy atom. The summed E-state index contributed by atoms with van der Waals surface area (Å²) in [5.74, 6) is 1.53. The standard InChI is InChI=1S/C39H54FNOSi/c1-28-22-23-35-33(26-28)36-37(41(35)27-29-16-8-13-21-34(29)40)31-19-11-12-20-32(31)38(36)43(5,30-17-9-10-18-30)25-15-7-6-14-24-42-39(2,3)4/h8,11-13,16,19-23,26,30-32,36-38H,6-7,9-10,14-15,17-18,24-25,27H2,1-5H3. The van der Waals surface area contributed by atoms with E-state index < -0.39 is 8.07 Å². The summed E-state index contributed by atoms with van der Waals surface area (Å²) in [4.78, 5) is 2.62. The van der Waals surface area contributed by atoms with Crippen LogP contribution in [0.25, 0.3) is 0 Å². The largest absolute Gasteiger partial charge is 0.376 e. The first kappa shape index (κ1) is 30.8. The Hall–Kier alpha value is -2.17. The highest BCUT2D eigenvalue weighted by molar-refractivity contribution is 6.81. The number of nitrogens with zero attached hydrogens (tertiary/aromatic N) is 1. The van der Waals surface area contributed by atoms with Crippen LogP contribution in [-0.2, 0) is 11.3 Å². The van der Waals surface area contributed by atoms with Crippen molar-refractivity contribution in [2.75, 3.05) is 11.5 Å². The minimum Gasteiger partial charge on any atom is -0.376 e. The van der Waals surface area contributed by atoms with E-state index in [2.05, 4.69) is 81.6 Å². The molecule has 2 aromatic carbocycles. The third-order valence-corrected chi connectivity index (χ3v) is 17.6. The van der Waals surface area contributed by atoms with Gasteiger partial charge in [-0.25, -0.2) is 4.39 Å². The number of anilines is 1. The van der Waals surface area contributed by atoms with Gasteiger partial charge in [-0.15, -0.1) is 0 Å². The number of benzene rings is 2. The lowest BCUT2D eigenvalue weighted by molar-refractivity contribution is -0.00471. The predicted molar refractivity (Wildman–Crippen MR) is 182 cm³/mol. The molecule has 0 spiro atoms. The van der Waals surface area contributed by atoms with E-state index in [1.165, 1.54) is 68.7 Å². The molecule has 2 fully saturated rings. The van der Waals surface area contributed by atoms with Crippen LogP contribution in [0.15, 0.2) is 66.8 Å². The zero-order valence-electron chi connectivity index (χ0n) is 27.3. The van der Waals surface area contributed by atoms with Gasteiger partial charge < -0.3 is 9.64 Å². The van der Waals surface area contributed by atoms with Crippen molar-refractivity contribution in [2.24, 2.45) is 11.8 Å². The van der Waals surface area contributed by atoms with Crippen molar-refractivity contribution in [1.82, 2.24) is 0 Å². The molecule has 2 nitrogen and oxygen atoms in total. The number of unbranched alkanes of at least 4 members (excludes halogenated alkanes) is 3. The Kier molecular flexibility index (Phi) is 9.09. The molecular weight excluding hydrogens is 546 g/mol. The van der Waals surface area contributed by atoms with Gasteiger partial charge in [-0.2, -0.15) is 0 Å². The Morgan fingerprint density at radius 2 is 1.65 bits per heavy atom. The molecular formula is C39H54FNOSi. The van der Waals surface area contributed by atoms with Crippen molar-refractivity contribution in [3.63, 3.8) is 0 Å². The third-order valence-electron chi connectivity index (χ3n) is 11.5. The highest BCUT2D eigenvalue weighted by Gasteiger charge is 2.62. The molecule has 6 atom stereocenters. The molecule has 6 rings (SSSR count). The molecule has 2 aromatic rings. The van der Waals surface area contributed by atoms with Gasteiger partial charge >= 0.3 is 0 Å². The van der Waals surface area contributed by atoms with Gasteiger partial charge in [0.1, 0.15) is 5.82 Å². The van der Waals surface area contributed by atoms with E-state index in [1.54, 1.807) is 11.6 Å². The second kappa shape index (κ2) is 12.7. The van der Waals surface area contributed by atoms with Crippen molar-refractivity contribution in [2.45, 2.75) is 127 Å². The number of fused-ring (bicyclic) bond motifs is 5. The maximum atomic E-state index is 15.1. The number of ether oxygens (including phenoxy) is 1. The Bertz CT molecular complexity index is 1320. The van der Waals surface area contributed by atoms with Crippen molar-refractivity contribution in [3.05, 3.63) is 89.3 Å². The summed E-state index contributed by atoms with van der Waals surface area (Å²) in [6.45, 7) is 13.1. The molecule has 43 heavy (non-hydrogen) atoms. The number of halogens is 1. The van der Waals surface area contributed by atoms with Crippen LogP contribution in [0.1, 0.15) is 94.7 Å². The number of allylic oxidation sites excluding steroid dienone is 3. The summed E-state index contributed by atoms with van der Waals surface area (Å²) in [7, 11) is -1.71. The first-order chi connectivity index (χ1) is 20.7. The fourth-order valence-electron chi connectivity index (χ4n) is 9.59.